The third-order valence-electron chi connectivity index (χ3n) is 2.09. The maximum atomic E-state index is 12.9. The van der Waals surface area contributed by atoms with E-state index in [0.717, 1.165) is 0 Å². The maximum absolute atomic E-state index is 12.9. The molecule has 0 bridgehead atoms. The van der Waals surface area contributed by atoms with Gasteiger partial charge in [-0.2, -0.15) is 17.6 Å². The lowest BCUT2D eigenvalue weighted by Gasteiger charge is -2.29. The molecule has 1 atom stereocenters. The molecule has 0 aliphatic carbocycles. The molecule has 0 aliphatic heterocycles. The Bertz CT molecular complexity index is 189. The van der Waals surface area contributed by atoms with Crippen molar-refractivity contribution in [3.8, 4) is 0 Å². The molecular weight excluding hydrogens is 217 g/mol. The molecule has 0 heterocycles. The van der Waals surface area contributed by atoms with Gasteiger partial charge in [-0.15, -0.1) is 4.48 Å². The molecule has 0 radical (unpaired) electrons. The third kappa shape index (κ3) is 3.93. The van der Waals surface area contributed by atoms with Crippen molar-refractivity contribution in [3.63, 3.8) is 0 Å². The predicted molar refractivity (Wildman–Crippen MR) is 47.5 cm³/mol. The molecule has 0 N–H and O–H groups in total. The fourth-order valence-electron chi connectivity index (χ4n) is 1.19. The Labute approximate surface area is 86.2 Å². The second-order valence-corrected chi connectivity index (χ2v) is 3.87. The van der Waals surface area contributed by atoms with E-state index in [1.807, 2.05) is 6.92 Å². The second-order valence-electron chi connectivity index (χ2n) is 3.87. The molecule has 0 saturated carbocycles. The topological polar surface area (TPSA) is 3.24 Å². The highest BCUT2D eigenvalue weighted by molar-refractivity contribution is 4.77. The lowest BCUT2D eigenvalue weighted by molar-refractivity contribution is -0.331. The van der Waals surface area contributed by atoms with Crippen LogP contribution in [0.4, 0.5) is 22.0 Å². The number of halogens is 5. The standard InChI is InChI=1S/C9H16F5N/c1-4-5-7(2)6-15(14)9(12,13)8(3,10)11/h7H,4-6H2,1-3H3. The number of hydrogen-bond donors (Lipinski definition) is 0. The third-order valence-corrected chi connectivity index (χ3v) is 2.09. The van der Waals surface area contributed by atoms with Crippen LogP contribution in [0.15, 0.2) is 0 Å². The molecule has 0 aromatic carbocycles. The van der Waals surface area contributed by atoms with E-state index in [4.69, 9.17) is 0 Å². The zero-order chi connectivity index (χ0) is 12.3. The van der Waals surface area contributed by atoms with Gasteiger partial charge in [0, 0.05) is 13.5 Å². The average molecular weight is 233 g/mol. The summed E-state index contributed by atoms with van der Waals surface area (Å²) in [6.07, 6.45) is 1.22. The van der Waals surface area contributed by atoms with E-state index in [-0.39, 0.29) is 12.8 Å². The minimum absolute atomic E-state index is 0.00404. The molecule has 92 valence electrons. The zero-order valence-electron chi connectivity index (χ0n) is 9.04. The van der Waals surface area contributed by atoms with Gasteiger partial charge < -0.3 is 0 Å². The van der Waals surface area contributed by atoms with Crippen LogP contribution in [-0.4, -0.2) is 23.6 Å². The summed E-state index contributed by atoms with van der Waals surface area (Å²) in [5, 5.41) is -1.06. The number of rotatable bonds is 6. The SMILES string of the molecule is CCCC(C)CN(F)C(F)(F)C(C)(F)F. The molecule has 0 aliphatic rings. The summed E-state index contributed by atoms with van der Waals surface area (Å²) in [5.41, 5.74) is 0. The zero-order valence-corrected chi connectivity index (χ0v) is 9.04. The lowest BCUT2D eigenvalue weighted by Crippen LogP contribution is -2.50. The minimum atomic E-state index is -4.74. The first-order valence-electron chi connectivity index (χ1n) is 4.82. The van der Waals surface area contributed by atoms with Gasteiger partial charge in [0.15, 0.2) is 0 Å². The highest BCUT2D eigenvalue weighted by Gasteiger charge is 2.57. The highest BCUT2D eigenvalue weighted by atomic mass is 19.3. The van der Waals surface area contributed by atoms with Crippen molar-refractivity contribution in [2.24, 2.45) is 5.92 Å². The summed E-state index contributed by atoms with van der Waals surface area (Å²) in [4.78, 5) is 0. The lowest BCUT2D eigenvalue weighted by atomic mass is 10.1. The Kier molecular flexibility index (Phi) is 4.96. The first kappa shape index (κ1) is 14.6. The molecule has 0 spiro atoms. The summed E-state index contributed by atoms with van der Waals surface area (Å²) < 4.78 is 63.0. The van der Waals surface area contributed by atoms with Crippen LogP contribution in [0.2, 0.25) is 0 Å². The highest BCUT2D eigenvalue weighted by Crippen LogP contribution is 2.37. The van der Waals surface area contributed by atoms with Gasteiger partial charge in [0.05, 0.1) is 0 Å². The largest absolute Gasteiger partial charge is 0.392 e. The summed E-state index contributed by atoms with van der Waals surface area (Å²) in [5.74, 6) is -4.76. The van der Waals surface area contributed by atoms with E-state index >= 15 is 0 Å². The Morgan fingerprint density at radius 2 is 1.67 bits per heavy atom. The van der Waals surface area contributed by atoms with Crippen LogP contribution in [0.3, 0.4) is 0 Å². The van der Waals surface area contributed by atoms with E-state index in [0.29, 0.717) is 12.8 Å². The van der Waals surface area contributed by atoms with Crippen LogP contribution in [0.1, 0.15) is 33.6 Å². The van der Waals surface area contributed by atoms with Gasteiger partial charge in [0.2, 0.25) is 0 Å². The van der Waals surface area contributed by atoms with E-state index in [9.17, 15) is 22.0 Å². The number of alkyl halides is 4. The van der Waals surface area contributed by atoms with Gasteiger partial charge in [-0.25, -0.2) is 0 Å². The van der Waals surface area contributed by atoms with Gasteiger partial charge in [-0.3, -0.25) is 0 Å². The van der Waals surface area contributed by atoms with E-state index < -0.39 is 23.6 Å². The van der Waals surface area contributed by atoms with Gasteiger partial charge >= 0.3 is 12.0 Å². The van der Waals surface area contributed by atoms with Crippen LogP contribution in [0.5, 0.6) is 0 Å². The van der Waals surface area contributed by atoms with Crippen LogP contribution in [-0.2, 0) is 0 Å². The van der Waals surface area contributed by atoms with Gasteiger partial charge in [-0.1, -0.05) is 25.4 Å². The normalized spacial score (nSPS) is 15.8. The van der Waals surface area contributed by atoms with Gasteiger partial charge in [-0.05, 0) is 12.3 Å². The first-order chi connectivity index (χ1) is 6.63. The quantitative estimate of drug-likeness (QED) is 0.382. The van der Waals surface area contributed by atoms with Crippen molar-refractivity contribution in [2.75, 3.05) is 6.54 Å². The van der Waals surface area contributed by atoms with Gasteiger partial charge in [0.1, 0.15) is 0 Å². The van der Waals surface area contributed by atoms with Crippen molar-refractivity contribution in [1.29, 1.82) is 0 Å². The fourth-order valence-corrected chi connectivity index (χ4v) is 1.19. The molecule has 15 heavy (non-hydrogen) atoms. The molecule has 0 aromatic heterocycles. The summed E-state index contributed by atoms with van der Waals surface area (Å²) in [6.45, 7) is 2.67. The fraction of sp³-hybridized carbons (Fsp3) is 1.00. The van der Waals surface area contributed by atoms with Crippen molar-refractivity contribution in [3.05, 3.63) is 0 Å². The van der Waals surface area contributed by atoms with Gasteiger partial charge in [0.25, 0.3) is 0 Å². The summed E-state index contributed by atoms with van der Waals surface area (Å²) >= 11 is 0. The molecule has 1 nitrogen and oxygen atoms in total. The Hall–Kier alpha value is -0.390. The molecule has 0 amide bonds. The molecule has 1 unspecified atom stereocenters. The maximum Gasteiger partial charge on any atom is 0.392 e. The van der Waals surface area contributed by atoms with Crippen molar-refractivity contribution in [1.82, 2.24) is 5.12 Å². The monoisotopic (exact) mass is 233 g/mol. The van der Waals surface area contributed by atoms with Crippen LogP contribution in [0.25, 0.3) is 0 Å². The molecular formula is C9H16F5N. The Morgan fingerprint density at radius 1 is 1.20 bits per heavy atom. The van der Waals surface area contributed by atoms with Crippen LogP contribution >= 0.6 is 0 Å². The Balaban J connectivity index is 4.37. The molecule has 0 saturated heterocycles. The summed E-state index contributed by atoms with van der Waals surface area (Å²) in [7, 11) is 0. The minimum Gasteiger partial charge on any atom is -0.198 e. The van der Waals surface area contributed by atoms with E-state index in [2.05, 4.69) is 0 Å². The van der Waals surface area contributed by atoms with E-state index in [1.165, 1.54) is 0 Å². The summed E-state index contributed by atoms with van der Waals surface area (Å²) in [6, 6.07) is -4.74. The first-order valence-corrected chi connectivity index (χ1v) is 4.82. The smallest absolute Gasteiger partial charge is 0.198 e. The molecule has 6 heteroatoms. The molecule has 0 fully saturated rings. The van der Waals surface area contributed by atoms with E-state index in [1.54, 1.807) is 6.92 Å². The molecule has 0 rings (SSSR count). The molecule has 0 aromatic rings. The van der Waals surface area contributed by atoms with Crippen molar-refractivity contribution < 1.29 is 22.0 Å². The Morgan fingerprint density at radius 3 is 2.00 bits per heavy atom. The van der Waals surface area contributed by atoms with Crippen LogP contribution in [0, 0.1) is 5.92 Å². The number of hydrogen-bond acceptors (Lipinski definition) is 1. The van der Waals surface area contributed by atoms with Crippen molar-refractivity contribution >= 4 is 0 Å². The van der Waals surface area contributed by atoms with Crippen LogP contribution < -0.4 is 0 Å². The van der Waals surface area contributed by atoms with Crippen molar-refractivity contribution in [2.45, 2.75) is 45.6 Å². The predicted octanol–water partition coefficient (Wildman–Crippen LogP) is 3.86. The number of nitrogens with zero attached hydrogens (tertiary/aromatic N) is 1. The average Bonchev–Trinajstić information content (AvgIpc) is 2.02. The second kappa shape index (κ2) is 5.09.